The predicted molar refractivity (Wildman–Crippen MR) is 169 cm³/mol. The lowest BCUT2D eigenvalue weighted by molar-refractivity contribution is 0.123. The number of hydrogen-bond donors (Lipinski definition) is 0. The Bertz CT molecular complexity index is 1330. The van der Waals surface area contributed by atoms with Gasteiger partial charge < -0.3 is 28.4 Å². The normalized spacial score (nSPS) is 14.0. The van der Waals surface area contributed by atoms with E-state index in [9.17, 15) is 0 Å². The van der Waals surface area contributed by atoms with Gasteiger partial charge in [0.25, 0.3) is 0 Å². The van der Waals surface area contributed by atoms with Gasteiger partial charge in [0, 0.05) is 58.8 Å². The van der Waals surface area contributed by atoms with E-state index in [0.717, 1.165) is 50.4 Å². The lowest BCUT2D eigenvalue weighted by Gasteiger charge is -2.34. The third-order valence-corrected chi connectivity index (χ3v) is 9.68. The summed E-state index contributed by atoms with van der Waals surface area (Å²) in [4.78, 5) is 10.1. The van der Waals surface area contributed by atoms with Crippen LogP contribution in [-0.2, 0) is 13.1 Å². The van der Waals surface area contributed by atoms with Crippen LogP contribution in [0.1, 0.15) is 9.75 Å². The van der Waals surface area contributed by atoms with Gasteiger partial charge in [0.2, 0.25) is 11.5 Å². The number of rotatable bonds is 12. The van der Waals surface area contributed by atoms with Crippen molar-refractivity contribution in [2.45, 2.75) is 13.1 Å². The molecule has 3 heterocycles. The van der Waals surface area contributed by atoms with Crippen LogP contribution in [0.25, 0.3) is 20.9 Å². The third kappa shape index (κ3) is 6.47. The van der Waals surface area contributed by atoms with Crippen molar-refractivity contribution in [2.24, 2.45) is 0 Å². The summed E-state index contributed by atoms with van der Waals surface area (Å²) in [6.45, 7) is 6.08. The molecule has 4 aromatic rings. The molecular weight excluding hydrogens is 572 g/mol. The zero-order valence-corrected chi connectivity index (χ0v) is 26.7. The van der Waals surface area contributed by atoms with Crippen LogP contribution in [0.4, 0.5) is 0 Å². The number of methoxy groups -OCH3 is 6. The molecule has 0 unspecified atom stereocenters. The summed E-state index contributed by atoms with van der Waals surface area (Å²) < 4.78 is 33.1. The Hall–Kier alpha value is -3.44. The number of thiophene rings is 2. The third-order valence-electron chi connectivity index (χ3n) is 7.45. The number of benzene rings is 2. The first-order chi connectivity index (χ1) is 20.5. The van der Waals surface area contributed by atoms with Gasteiger partial charge >= 0.3 is 0 Å². The van der Waals surface area contributed by atoms with E-state index in [0.29, 0.717) is 34.5 Å². The van der Waals surface area contributed by atoms with E-state index in [2.05, 4.69) is 34.1 Å². The minimum atomic E-state index is 0.610. The van der Waals surface area contributed by atoms with Crippen molar-refractivity contribution in [3.8, 4) is 55.4 Å². The molecule has 0 bridgehead atoms. The summed E-state index contributed by atoms with van der Waals surface area (Å²) in [5.41, 5.74) is 2.12. The van der Waals surface area contributed by atoms with Crippen LogP contribution in [0, 0.1) is 0 Å². The van der Waals surface area contributed by atoms with Gasteiger partial charge in [-0.05, 0) is 59.7 Å². The van der Waals surface area contributed by atoms with Gasteiger partial charge in [-0.15, -0.1) is 22.7 Å². The van der Waals surface area contributed by atoms with Crippen molar-refractivity contribution >= 4 is 22.7 Å². The van der Waals surface area contributed by atoms with E-state index < -0.39 is 0 Å². The highest BCUT2D eigenvalue weighted by molar-refractivity contribution is 7.15. The molecular formula is C32H38N2O6S2. The predicted octanol–water partition coefficient (Wildman–Crippen LogP) is 6.51. The second-order valence-electron chi connectivity index (χ2n) is 9.91. The van der Waals surface area contributed by atoms with Gasteiger partial charge in [-0.3, -0.25) is 9.80 Å². The van der Waals surface area contributed by atoms with E-state index in [1.807, 2.05) is 46.9 Å². The highest BCUT2D eigenvalue weighted by Gasteiger charge is 2.20. The zero-order valence-electron chi connectivity index (χ0n) is 25.0. The van der Waals surface area contributed by atoms with Crippen LogP contribution >= 0.6 is 22.7 Å². The van der Waals surface area contributed by atoms with E-state index in [-0.39, 0.29) is 0 Å². The largest absolute Gasteiger partial charge is 0.493 e. The zero-order chi connectivity index (χ0) is 29.6. The molecule has 1 aliphatic heterocycles. The highest BCUT2D eigenvalue weighted by atomic mass is 32.1. The van der Waals surface area contributed by atoms with Gasteiger partial charge in [-0.25, -0.2) is 0 Å². The molecule has 8 nitrogen and oxygen atoms in total. The molecule has 2 aromatic heterocycles. The SMILES string of the molecule is COc1cc(-c2ccc(CN3CCN(Cc4ccc(-c5cc(OC)c(OC)c(OC)c5)s4)CC3)s2)cc(OC)c1OC. The molecule has 0 aliphatic carbocycles. The summed E-state index contributed by atoms with van der Waals surface area (Å²) in [6, 6.07) is 16.8. The van der Waals surface area contributed by atoms with Gasteiger partial charge in [0.15, 0.2) is 23.0 Å². The van der Waals surface area contributed by atoms with Crippen molar-refractivity contribution in [1.82, 2.24) is 9.80 Å². The summed E-state index contributed by atoms with van der Waals surface area (Å²) in [6.07, 6.45) is 0. The fraction of sp³-hybridized carbons (Fsp3) is 0.375. The summed E-state index contributed by atoms with van der Waals surface area (Å²) in [5.74, 6) is 3.88. The van der Waals surface area contributed by atoms with E-state index >= 15 is 0 Å². The first kappa shape index (κ1) is 30.0. The molecule has 0 atom stereocenters. The monoisotopic (exact) mass is 610 g/mol. The van der Waals surface area contributed by atoms with Gasteiger partial charge in [-0.1, -0.05) is 0 Å². The van der Waals surface area contributed by atoms with Crippen LogP contribution in [0.2, 0.25) is 0 Å². The second kappa shape index (κ2) is 13.7. The average Bonchev–Trinajstić information content (AvgIpc) is 3.70. The lowest BCUT2D eigenvalue weighted by atomic mass is 10.1. The first-order valence-corrected chi connectivity index (χ1v) is 15.4. The minimum absolute atomic E-state index is 0.610. The number of nitrogens with zero attached hydrogens (tertiary/aromatic N) is 2. The van der Waals surface area contributed by atoms with Crippen molar-refractivity contribution < 1.29 is 28.4 Å². The molecule has 0 amide bonds. The average molecular weight is 611 g/mol. The van der Waals surface area contributed by atoms with E-state index in [1.165, 1.54) is 19.5 Å². The van der Waals surface area contributed by atoms with Crippen LogP contribution in [0.15, 0.2) is 48.5 Å². The van der Waals surface area contributed by atoms with Crippen LogP contribution in [0.5, 0.6) is 34.5 Å². The molecule has 224 valence electrons. The summed E-state index contributed by atoms with van der Waals surface area (Å²) >= 11 is 3.62. The number of hydrogen-bond acceptors (Lipinski definition) is 10. The van der Waals surface area contributed by atoms with Crippen molar-refractivity contribution in [3.63, 3.8) is 0 Å². The molecule has 5 rings (SSSR count). The molecule has 1 saturated heterocycles. The molecule has 42 heavy (non-hydrogen) atoms. The van der Waals surface area contributed by atoms with Crippen molar-refractivity contribution in [3.05, 3.63) is 58.3 Å². The van der Waals surface area contributed by atoms with Crippen LogP contribution < -0.4 is 28.4 Å². The molecule has 1 fully saturated rings. The standard InChI is InChI=1S/C32H38N2O6S2/c1-35-25-15-21(16-26(36-2)31(25)39-5)29-9-7-23(41-29)19-33-11-13-34(14-12-33)20-24-8-10-30(42-24)22-17-27(37-3)32(40-6)28(18-22)38-4/h7-10,15-18H,11-14,19-20H2,1-6H3. The second-order valence-corrected chi connectivity index (χ2v) is 12.2. The molecule has 0 saturated carbocycles. The Morgan fingerprint density at radius 2 is 0.833 bits per heavy atom. The Balaban J connectivity index is 1.18. The maximum atomic E-state index is 5.55. The Morgan fingerprint density at radius 1 is 0.500 bits per heavy atom. The number of piperazine rings is 1. The fourth-order valence-electron chi connectivity index (χ4n) is 5.23. The molecule has 1 aliphatic rings. The van der Waals surface area contributed by atoms with Gasteiger partial charge in [0.05, 0.1) is 42.7 Å². The van der Waals surface area contributed by atoms with E-state index in [4.69, 9.17) is 28.4 Å². The first-order valence-electron chi connectivity index (χ1n) is 13.7. The molecule has 0 spiro atoms. The smallest absolute Gasteiger partial charge is 0.203 e. The Kier molecular flexibility index (Phi) is 9.79. The lowest BCUT2D eigenvalue weighted by Crippen LogP contribution is -2.45. The number of ether oxygens (including phenoxy) is 6. The summed E-state index contributed by atoms with van der Waals surface area (Å²) in [7, 11) is 9.83. The quantitative estimate of drug-likeness (QED) is 0.180. The van der Waals surface area contributed by atoms with Gasteiger partial charge in [0.1, 0.15) is 0 Å². The molecule has 0 N–H and O–H groups in total. The van der Waals surface area contributed by atoms with Gasteiger partial charge in [-0.2, -0.15) is 0 Å². The maximum Gasteiger partial charge on any atom is 0.203 e. The van der Waals surface area contributed by atoms with E-state index in [1.54, 1.807) is 42.7 Å². The molecule has 2 aromatic carbocycles. The summed E-state index contributed by atoms with van der Waals surface area (Å²) in [5, 5.41) is 0. The van der Waals surface area contributed by atoms with Crippen LogP contribution in [-0.4, -0.2) is 78.6 Å². The van der Waals surface area contributed by atoms with Crippen LogP contribution in [0.3, 0.4) is 0 Å². The van der Waals surface area contributed by atoms with Crippen molar-refractivity contribution in [2.75, 3.05) is 68.8 Å². The maximum absolute atomic E-state index is 5.55. The Labute approximate surface area is 255 Å². The van der Waals surface area contributed by atoms with Crippen molar-refractivity contribution in [1.29, 1.82) is 0 Å². The topological polar surface area (TPSA) is 61.9 Å². The fourth-order valence-corrected chi connectivity index (χ4v) is 7.30. The Morgan fingerprint density at radius 3 is 1.12 bits per heavy atom. The molecule has 10 heteroatoms. The highest BCUT2D eigenvalue weighted by Crippen LogP contribution is 2.44. The minimum Gasteiger partial charge on any atom is -0.493 e. The molecule has 0 radical (unpaired) electrons.